The van der Waals surface area contributed by atoms with Crippen LogP contribution in [0.2, 0.25) is 0 Å². The summed E-state index contributed by atoms with van der Waals surface area (Å²) in [7, 11) is -3.60. The van der Waals surface area contributed by atoms with Crippen LogP contribution in [0.5, 0.6) is 0 Å². The first-order valence-corrected chi connectivity index (χ1v) is 7.69. The van der Waals surface area contributed by atoms with Crippen LogP contribution < -0.4 is 10.0 Å². The number of hydrogen-bond donors (Lipinski definition) is 2. The maximum atomic E-state index is 11.9. The Hall–Kier alpha value is -1.36. The zero-order valence-corrected chi connectivity index (χ0v) is 12.4. The zero-order valence-electron chi connectivity index (χ0n) is 10.0. The summed E-state index contributed by atoms with van der Waals surface area (Å²) in [5.74, 6) is 1.97. The van der Waals surface area contributed by atoms with Crippen LogP contribution in [-0.4, -0.2) is 27.4 Å². The van der Waals surface area contributed by atoms with E-state index >= 15 is 0 Å². The molecule has 1 aromatic rings. The Bertz CT molecular complexity index is 593. The molecule has 0 heterocycles. The lowest BCUT2D eigenvalue weighted by Gasteiger charge is -2.07. The highest BCUT2D eigenvalue weighted by Crippen LogP contribution is 2.15. The van der Waals surface area contributed by atoms with Crippen LogP contribution in [0.25, 0.3) is 0 Å². The van der Waals surface area contributed by atoms with Crippen molar-refractivity contribution in [2.75, 3.05) is 13.1 Å². The molecule has 0 aromatic heterocycles. The maximum Gasteiger partial charge on any atom is 0.240 e. The first kappa shape index (κ1) is 15.7. The number of terminal acetylenes is 1. The third kappa shape index (κ3) is 5.42. The minimum atomic E-state index is -3.60. The zero-order chi connectivity index (χ0) is 14.3. The van der Waals surface area contributed by atoms with Crippen molar-refractivity contribution in [3.63, 3.8) is 0 Å². The number of sulfonamides is 1. The molecular formula is C12H13BrN2O3S. The maximum absolute atomic E-state index is 11.9. The van der Waals surface area contributed by atoms with Gasteiger partial charge in [-0.25, -0.2) is 13.1 Å². The van der Waals surface area contributed by atoms with E-state index in [1.54, 1.807) is 12.1 Å². The van der Waals surface area contributed by atoms with E-state index in [2.05, 4.69) is 31.9 Å². The van der Waals surface area contributed by atoms with Gasteiger partial charge in [0.25, 0.3) is 0 Å². The van der Waals surface area contributed by atoms with Gasteiger partial charge >= 0.3 is 0 Å². The van der Waals surface area contributed by atoms with Gasteiger partial charge in [-0.15, -0.1) is 6.42 Å². The van der Waals surface area contributed by atoms with Gasteiger partial charge in [0.05, 0.1) is 11.4 Å². The van der Waals surface area contributed by atoms with E-state index in [0.29, 0.717) is 4.47 Å². The van der Waals surface area contributed by atoms with E-state index < -0.39 is 10.0 Å². The monoisotopic (exact) mass is 344 g/mol. The van der Waals surface area contributed by atoms with Gasteiger partial charge in [-0.1, -0.05) is 27.9 Å². The molecule has 0 fully saturated rings. The predicted octanol–water partition coefficient (Wildman–Crippen LogP) is 0.867. The highest BCUT2D eigenvalue weighted by atomic mass is 79.9. The number of rotatable bonds is 6. The molecule has 0 radical (unpaired) electrons. The number of benzene rings is 1. The molecule has 5 nitrogen and oxygen atoms in total. The second-order valence-electron chi connectivity index (χ2n) is 3.59. The molecule has 1 amide bonds. The number of carbonyl (C=O) groups excluding carboxylic acids is 1. The van der Waals surface area contributed by atoms with Crippen LogP contribution in [0, 0.1) is 12.3 Å². The van der Waals surface area contributed by atoms with E-state index in [0.717, 1.165) is 0 Å². The number of hydrogen-bond acceptors (Lipinski definition) is 3. The van der Waals surface area contributed by atoms with Gasteiger partial charge in [-0.05, 0) is 18.2 Å². The van der Waals surface area contributed by atoms with Crippen LogP contribution in [0.3, 0.4) is 0 Å². The van der Waals surface area contributed by atoms with Crippen molar-refractivity contribution in [2.24, 2.45) is 0 Å². The fourth-order valence-corrected chi connectivity index (χ4v) is 2.88. The average Bonchev–Trinajstić information content (AvgIpc) is 2.36. The van der Waals surface area contributed by atoms with Gasteiger partial charge in [0.15, 0.2) is 0 Å². The normalized spacial score (nSPS) is 10.7. The quantitative estimate of drug-likeness (QED) is 0.752. The fraction of sp³-hybridized carbons (Fsp3) is 0.250. The Kier molecular flexibility index (Phi) is 6.02. The molecule has 0 aliphatic carbocycles. The first-order chi connectivity index (χ1) is 8.95. The Balaban J connectivity index is 2.53. The van der Waals surface area contributed by atoms with Gasteiger partial charge in [0.1, 0.15) is 0 Å². The van der Waals surface area contributed by atoms with Crippen LogP contribution in [0.4, 0.5) is 0 Å². The first-order valence-electron chi connectivity index (χ1n) is 5.41. The van der Waals surface area contributed by atoms with E-state index in [1.165, 1.54) is 12.1 Å². The Morgan fingerprint density at radius 3 is 2.79 bits per heavy atom. The van der Waals surface area contributed by atoms with Crippen molar-refractivity contribution in [1.82, 2.24) is 10.0 Å². The molecule has 102 valence electrons. The summed E-state index contributed by atoms with van der Waals surface area (Å²) in [5.41, 5.74) is 0. The lowest BCUT2D eigenvalue weighted by Crippen LogP contribution is -2.30. The second-order valence-corrected chi connectivity index (χ2v) is 6.27. The standard InChI is InChI=1S/C12H13BrN2O3S/c1-2-7-14-12(16)6-8-15-19(17,18)11-5-3-4-10(13)9-11/h1,3-5,9,15H,6-8H2,(H,14,16). The molecule has 0 unspecified atom stereocenters. The minimum absolute atomic E-state index is 0.0191. The van der Waals surface area contributed by atoms with Gasteiger partial charge in [-0.2, -0.15) is 0 Å². The average molecular weight is 345 g/mol. The summed E-state index contributed by atoms with van der Waals surface area (Å²) in [5, 5.41) is 2.45. The van der Waals surface area contributed by atoms with Gasteiger partial charge in [0, 0.05) is 17.4 Å². The van der Waals surface area contributed by atoms with E-state index in [1.807, 2.05) is 0 Å². The van der Waals surface area contributed by atoms with Crippen LogP contribution in [0.1, 0.15) is 6.42 Å². The number of carbonyl (C=O) groups is 1. The lowest BCUT2D eigenvalue weighted by molar-refractivity contribution is -0.120. The Morgan fingerprint density at radius 2 is 2.16 bits per heavy atom. The topological polar surface area (TPSA) is 75.3 Å². The third-order valence-corrected chi connectivity index (χ3v) is 4.09. The van der Waals surface area contributed by atoms with Gasteiger partial charge in [-0.3, -0.25) is 4.79 Å². The number of amides is 1. The van der Waals surface area contributed by atoms with Crippen molar-refractivity contribution in [2.45, 2.75) is 11.3 Å². The minimum Gasteiger partial charge on any atom is -0.345 e. The lowest BCUT2D eigenvalue weighted by atomic mass is 10.4. The van der Waals surface area contributed by atoms with Gasteiger partial charge in [0.2, 0.25) is 15.9 Å². The molecule has 0 saturated carbocycles. The van der Waals surface area contributed by atoms with Gasteiger partial charge < -0.3 is 5.32 Å². The third-order valence-electron chi connectivity index (χ3n) is 2.14. The summed E-state index contributed by atoms with van der Waals surface area (Å²) >= 11 is 3.20. The van der Waals surface area contributed by atoms with Crippen molar-refractivity contribution in [3.8, 4) is 12.3 Å². The summed E-state index contributed by atoms with van der Waals surface area (Å²) in [6.45, 7) is 0.155. The summed E-state index contributed by atoms with van der Waals surface area (Å²) in [6.07, 6.45) is 5.02. The second kappa shape index (κ2) is 7.28. The van der Waals surface area contributed by atoms with Crippen LogP contribution in [0.15, 0.2) is 33.6 Å². The molecule has 2 N–H and O–H groups in total. The van der Waals surface area contributed by atoms with E-state index in [4.69, 9.17) is 6.42 Å². The molecule has 0 bridgehead atoms. The van der Waals surface area contributed by atoms with E-state index in [-0.39, 0.29) is 30.3 Å². The SMILES string of the molecule is C#CCNC(=O)CCNS(=O)(=O)c1cccc(Br)c1. The van der Waals surface area contributed by atoms with Crippen molar-refractivity contribution < 1.29 is 13.2 Å². The molecule has 0 aliphatic rings. The molecule has 0 aliphatic heterocycles. The fourth-order valence-electron chi connectivity index (χ4n) is 1.25. The number of halogens is 1. The predicted molar refractivity (Wildman–Crippen MR) is 75.8 cm³/mol. The summed E-state index contributed by atoms with van der Waals surface area (Å²) in [4.78, 5) is 11.4. The molecule has 19 heavy (non-hydrogen) atoms. The molecule has 0 saturated heterocycles. The molecule has 7 heteroatoms. The van der Waals surface area contributed by atoms with E-state index in [9.17, 15) is 13.2 Å². The van der Waals surface area contributed by atoms with Crippen molar-refractivity contribution in [1.29, 1.82) is 0 Å². The molecule has 1 aromatic carbocycles. The van der Waals surface area contributed by atoms with Crippen LogP contribution >= 0.6 is 15.9 Å². The largest absolute Gasteiger partial charge is 0.345 e. The molecule has 0 spiro atoms. The molecule has 1 rings (SSSR count). The highest BCUT2D eigenvalue weighted by molar-refractivity contribution is 9.10. The van der Waals surface area contributed by atoms with Crippen molar-refractivity contribution >= 4 is 31.9 Å². The van der Waals surface area contributed by atoms with Crippen molar-refractivity contribution in [3.05, 3.63) is 28.7 Å². The Morgan fingerprint density at radius 1 is 1.42 bits per heavy atom. The summed E-state index contributed by atoms with van der Waals surface area (Å²) in [6, 6.07) is 6.32. The Labute approximate surface area is 121 Å². The molecule has 0 atom stereocenters. The highest BCUT2D eigenvalue weighted by Gasteiger charge is 2.14. The molecular weight excluding hydrogens is 332 g/mol. The smallest absolute Gasteiger partial charge is 0.240 e. The number of nitrogens with one attached hydrogen (secondary N) is 2. The summed E-state index contributed by atoms with van der Waals surface area (Å²) < 4.78 is 26.8. The van der Waals surface area contributed by atoms with Crippen LogP contribution in [-0.2, 0) is 14.8 Å².